The highest BCUT2D eigenvalue weighted by Crippen LogP contribution is 2.30. The molecule has 7 nitrogen and oxygen atoms in total. The van der Waals surface area contributed by atoms with Crippen LogP contribution in [0.2, 0.25) is 0 Å². The van der Waals surface area contributed by atoms with E-state index in [1.165, 1.54) is 5.56 Å². The zero-order chi connectivity index (χ0) is 20.7. The number of carbonyl (C=O) groups is 3. The van der Waals surface area contributed by atoms with Gasteiger partial charge in [0.05, 0.1) is 12.0 Å². The molecule has 1 unspecified atom stereocenters. The number of nitrogens with zero attached hydrogens (tertiary/aromatic N) is 3. The minimum atomic E-state index is -0.601. The standard InChI is InChI=1S/C23H20N4O3/c28-21-9-8-20(22(29)25-21)27-12-17-10-16(6-7-18(17)23(27)30)19-13-26(14-24-19)11-15-4-2-1-3-5-15/h1-7,10,13-14,20H,8-9,11-12H2,(H,25,28,29). The van der Waals surface area contributed by atoms with Crippen LogP contribution in [0.15, 0.2) is 61.1 Å². The summed E-state index contributed by atoms with van der Waals surface area (Å²) < 4.78 is 2.03. The van der Waals surface area contributed by atoms with Gasteiger partial charge in [0, 0.05) is 36.8 Å². The molecule has 1 atom stereocenters. The number of aromatic nitrogens is 2. The molecule has 1 fully saturated rings. The second-order valence-electron chi connectivity index (χ2n) is 7.69. The third-order valence-corrected chi connectivity index (χ3v) is 5.66. The van der Waals surface area contributed by atoms with Gasteiger partial charge in [-0.05, 0) is 29.7 Å². The van der Waals surface area contributed by atoms with Crippen LogP contribution in [0.3, 0.4) is 0 Å². The normalized spacial score (nSPS) is 18.5. The summed E-state index contributed by atoms with van der Waals surface area (Å²) >= 11 is 0. The van der Waals surface area contributed by atoms with E-state index in [1.807, 2.05) is 41.1 Å². The van der Waals surface area contributed by atoms with Gasteiger partial charge in [-0.1, -0.05) is 36.4 Å². The average molecular weight is 400 g/mol. The molecule has 3 heterocycles. The van der Waals surface area contributed by atoms with Crippen LogP contribution in [0.25, 0.3) is 11.3 Å². The fourth-order valence-corrected chi connectivity index (χ4v) is 4.12. The SMILES string of the molecule is O=C1CCC(N2Cc3cc(-c4cn(Cc5ccccc5)cn4)ccc3C2=O)C(=O)N1. The number of benzene rings is 2. The van der Waals surface area contributed by atoms with E-state index in [9.17, 15) is 14.4 Å². The van der Waals surface area contributed by atoms with Crippen molar-refractivity contribution in [3.63, 3.8) is 0 Å². The Kier molecular flexibility index (Phi) is 4.43. The maximum atomic E-state index is 12.8. The molecule has 150 valence electrons. The number of hydrogen-bond donors (Lipinski definition) is 1. The van der Waals surface area contributed by atoms with Crippen molar-refractivity contribution in [1.82, 2.24) is 19.8 Å². The molecule has 3 amide bonds. The molecule has 0 spiro atoms. The highest BCUT2D eigenvalue weighted by Gasteiger charge is 2.39. The van der Waals surface area contributed by atoms with Crippen molar-refractivity contribution in [1.29, 1.82) is 0 Å². The fourth-order valence-electron chi connectivity index (χ4n) is 4.12. The number of fused-ring (bicyclic) bond motifs is 1. The molecule has 0 saturated carbocycles. The number of rotatable bonds is 4. The van der Waals surface area contributed by atoms with Crippen LogP contribution in [0.5, 0.6) is 0 Å². The molecule has 1 aromatic heterocycles. The molecule has 0 aliphatic carbocycles. The van der Waals surface area contributed by atoms with E-state index in [0.29, 0.717) is 18.5 Å². The van der Waals surface area contributed by atoms with Gasteiger partial charge in [0.1, 0.15) is 6.04 Å². The maximum Gasteiger partial charge on any atom is 0.255 e. The number of piperidine rings is 1. The second kappa shape index (κ2) is 7.26. The molecule has 0 radical (unpaired) electrons. The van der Waals surface area contributed by atoms with Gasteiger partial charge in [-0.15, -0.1) is 0 Å². The van der Waals surface area contributed by atoms with Gasteiger partial charge >= 0.3 is 0 Å². The number of imidazole rings is 1. The van der Waals surface area contributed by atoms with Gasteiger partial charge in [-0.2, -0.15) is 0 Å². The van der Waals surface area contributed by atoms with E-state index in [0.717, 1.165) is 23.4 Å². The second-order valence-corrected chi connectivity index (χ2v) is 7.69. The summed E-state index contributed by atoms with van der Waals surface area (Å²) in [5.74, 6) is -0.846. The molecule has 30 heavy (non-hydrogen) atoms. The average Bonchev–Trinajstić information content (AvgIpc) is 3.33. The minimum Gasteiger partial charge on any atom is -0.332 e. The van der Waals surface area contributed by atoms with E-state index in [1.54, 1.807) is 17.3 Å². The molecule has 0 bridgehead atoms. The van der Waals surface area contributed by atoms with Crippen molar-refractivity contribution in [3.8, 4) is 11.3 Å². The van der Waals surface area contributed by atoms with E-state index in [-0.39, 0.29) is 18.2 Å². The summed E-state index contributed by atoms with van der Waals surface area (Å²) in [6.45, 7) is 1.10. The van der Waals surface area contributed by atoms with E-state index >= 15 is 0 Å². The lowest BCUT2D eigenvalue weighted by atomic mass is 10.0. The fraction of sp³-hybridized carbons (Fsp3) is 0.217. The Bertz CT molecular complexity index is 1150. The zero-order valence-electron chi connectivity index (χ0n) is 16.2. The van der Waals surface area contributed by atoms with E-state index in [4.69, 9.17) is 0 Å². The topological polar surface area (TPSA) is 84.3 Å². The molecule has 2 aromatic carbocycles. The zero-order valence-corrected chi connectivity index (χ0v) is 16.2. The Labute approximate surface area is 173 Å². The quantitative estimate of drug-likeness (QED) is 0.682. The summed E-state index contributed by atoms with van der Waals surface area (Å²) in [5, 5.41) is 2.33. The van der Waals surface area contributed by atoms with Crippen LogP contribution in [-0.2, 0) is 22.7 Å². The largest absolute Gasteiger partial charge is 0.332 e. The minimum absolute atomic E-state index is 0.166. The monoisotopic (exact) mass is 400 g/mol. The molecule has 7 heteroatoms. The van der Waals surface area contributed by atoms with Crippen LogP contribution in [0.1, 0.15) is 34.3 Å². The number of nitrogens with one attached hydrogen (secondary N) is 1. The number of carbonyl (C=O) groups excluding carboxylic acids is 3. The molecular formula is C23H20N4O3. The predicted octanol–water partition coefficient (Wildman–Crippen LogP) is 2.36. The summed E-state index contributed by atoms with van der Waals surface area (Å²) in [7, 11) is 0. The van der Waals surface area contributed by atoms with Gasteiger partial charge < -0.3 is 9.47 Å². The van der Waals surface area contributed by atoms with Crippen molar-refractivity contribution in [2.75, 3.05) is 0 Å². The highest BCUT2D eigenvalue weighted by atomic mass is 16.2. The Morgan fingerprint density at radius 3 is 2.70 bits per heavy atom. The smallest absolute Gasteiger partial charge is 0.255 e. The summed E-state index contributed by atoms with van der Waals surface area (Å²) in [4.78, 5) is 42.5. The molecular weight excluding hydrogens is 380 g/mol. The highest BCUT2D eigenvalue weighted by molar-refractivity contribution is 6.05. The Morgan fingerprint density at radius 1 is 1.07 bits per heavy atom. The number of amides is 3. The summed E-state index contributed by atoms with van der Waals surface area (Å²) in [6, 6.07) is 15.2. The first-order valence-corrected chi connectivity index (χ1v) is 9.92. The lowest BCUT2D eigenvalue weighted by Gasteiger charge is -2.29. The van der Waals surface area contributed by atoms with Crippen LogP contribution in [0.4, 0.5) is 0 Å². The molecule has 1 N–H and O–H groups in total. The first-order chi connectivity index (χ1) is 14.6. The van der Waals surface area contributed by atoms with Crippen molar-refractivity contribution >= 4 is 17.7 Å². The van der Waals surface area contributed by atoms with Gasteiger partial charge in [0.15, 0.2) is 0 Å². The van der Waals surface area contributed by atoms with Gasteiger partial charge in [0.2, 0.25) is 11.8 Å². The lowest BCUT2D eigenvalue weighted by Crippen LogP contribution is -2.52. The molecule has 5 rings (SSSR count). The van der Waals surface area contributed by atoms with Crippen molar-refractivity contribution in [2.24, 2.45) is 0 Å². The molecule has 2 aliphatic heterocycles. The van der Waals surface area contributed by atoms with Gasteiger partial charge in [-0.3, -0.25) is 19.7 Å². The van der Waals surface area contributed by atoms with Crippen molar-refractivity contribution in [2.45, 2.75) is 32.0 Å². The third-order valence-electron chi connectivity index (χ3n) is 5.66. The number of imide groups is 1. The molecule has 3 aromatic rings. The van der Waals surface area contributed by atoms with Crippen LogP contribution in [0, 0.1) is 0 Å². The molecule has 1 saturated heterocycles. The van der Waals surface area contributed by atoms with Crippen LogP contribution < -0.4 is 5.32 Å². The summed E-state index contributed by atoms with van der Waals surface area (Å²) in [5.41, 5.74) is 4.44. The number of hydrogen-bond acceptors (Lipinski definition) is 4. The Hall–Kier alpha value is -3.74. The lowest BCUT2D eigenvalue weighted by molar-refractivity contribution is -0.136. The third kappa shape index (κ3) is 3.28. The van der Waals surface area contributed by atoms with Crippen molar-refractivity contribution in [3.05, 3.63) is 77.7 Å². The predicted molar refractivity (Wildman–Crippen MR) is 109 cm³/mol. The van der Waals surface area contributed by atoms with Crippen molar-refractivity contribution < 1.29 is 14.4 Å². The van der Waals surface area contributed by atoms with Crippen LogP contribution in [-0.4, -0.2) is 38.2 Å². The Morgan fingerprint density at radius 2 is 1.90 bits per heavy atom. The Balaban J connectivity index is 1.36. The van der Waals surface area contributed by atoms with Gasteiger partial charge in [-0.25, -0.2) is 4.98 Å². The maximum absolute atomic E-state index is 12.8. The van der Waals surface area contributed by atoms with E-state index < -0.39 is 11.9 Å². The van der Waals surface area contributed by atoms with Crippen LogP contribution >= 0.6 is 0 Å². The first-order valence-electron chi connectivity index (χ1n) is 9.92. The molecule has 2 aliphatic rings. The summed E-state index contributed by atoms with van der Waals surface area (Å²) in [6.07, 6.45) is 4.40. The van der Waals surface area contributed by atoms with Gasteiger partial charge in [0.25, 0.3) is 5.91 Å². The van der Waals surface area contributed by atoms with E-state index in [2.05, 4.69) is 22.4 Å². The first kappa shape index (κ1) is 18.3.